The van der Waals surface area contributed by atoms with Gasteiger partial charge in [0.15, 0.2) is 0 Å². The molecule has 1 N–H and O–H groups in total. The minimum absolute atomic E-state index is 0.213. The number of amides is 1. The highest BCUT2D eigenvalue weighted by Crippen LogP contribution is 2.23. The van der Waals surface area contributed by atoms with E-state index in [1.807, 2.05) is 6.92 Å². The Hall–Kier alpha value is -3.35. The molecule has 0 heterocycles. The van der Waals surface area contributed by atoms with Crippen molar-refractivity contribution in [3.63, 3.8) is 0 Å². The first kappa shape index (κ1) is 23.3. The maximum absolute atomic E-state index is 12.3. The second kappa shape index (κ2) is 11.3. The summed E-state index contributed by atoms with van der Waals surface area (Å²) in [7, 11) is 0. The van der Waals surface area contributed by atoms with Crippen molar-refractivity contribution in [1.29, 1.82) is 0 Å². The van der Waals surface area contributed by atoms with Gasteiger partial charge in [0, 0.05) is 10.6 Å². The fraction of sp³-hybridized carbons (Fsp3) is 0.125. The Morgan fingerprint density at radius 3 is 2.31 bits per heavy atom. The molecule has 0 unspecified atom stereocenters. The predicted octanol–water partition coefficient (Wildman–Crippen LogP) is 5.77. The molecule has 164 valence electrons. The zero-order chi connectivity index (χ0) is 22.9. The molecule has 0 radical (unpaired) electrons. The first-order chi connectivity index (χ1) is 15.5. The standard InChI is InChI=1S/C24H20Cl2N2O4/c1-2-13-31-19-10-5-17(6-11-19)23(29)28-27-15-16-3-8-20(9-4-16)32-24(30)21-12-7-18(25)14-22(21)26/h3-12,14-15H,2,13H2,1H3,(H,28,29)/b27-15-. The molecule has 0 saturated carbocycles. The van der Waals surface area contributed by atoms with Crippen molar-refractivity contribution in [2.24, 2.45) is 5.10 Å². The third-order valence-electron chi connectivity index (χ3n) is 4.21. The number of ether oxygens (including phenoxy) is 2. The first-order valence-electron chi connectivity index (χ1n) is 9.80. The zero-order valence-electron chi connectivity index (χ0n) is 17.2. The first-order valence-corrected chi connectivity index (χ1v) is 10.6. The Bertz CT molecular complexity index is 1110. The SMILES string of the molecule is CCCOc1ccc(C(=O)N/N=C\c2ccc(OC(=O)c3ccc(Cl)cc3Cl)cc2)cc1. The van der Waals surface area contributed by atoms with Crippen molar-refractivity contribution in [3.8, 4) is 11.5 Å². The molecular weight excluding hydrogens is 451 g/mol. The summed E-state index contributed by atoms with van der Waals surface area (Å²) in [6, 6.07) is 18.0. The van der Waals surface area contributed by atoms with E-state index in [2.05, 4.69) is 10.5 Å². The van der Waals surface area contributed by atoms with Gasteiger partial charge < -0.3 is 9.47 Å². The highest BCUT2D eigenvalue weighted by atomic mass is 35.5. The number of rotatable bonds is 8. The monoisotopic (exact) mass is 470 g/mol. The van der Waals surface area contributed by atoms with Gasteiger partial charge in [0.05, 0.1) is 23.4 Å². The van der Waals surface area contributed by atoms with Crippen molar-refractivity contribution in [2.45, 2.75) is 13.3 Å². The van der Waals surface area contributed by atoms with Crippen molar-refractivity contribution in [1.82, 2.24) is 5.43 Å². The van der Waals surface area contributed by atoms with Gasteiger partial charge in [0.2, 0.25) is 0 Å². The highest BCUT2D eigenvalue weighted by molar-refractivity contribution is 6.36. The number of nitrogens with one attached hydrogen (secondary N) is 1. The Morgan fingerprint density at radius 2 is 1.66 bits per heavy atom. The average molecular weight is 471 g/mol. The maximum atomic E-state index is 12.3. The van der Waals surface area contributed by atoms with Crippen LogP contribution >= 0.6 is 23.2 Å². The molecule has 3 rings (SSSR count). The summed E-state index contributed by atoms with van der Waals surface area (Å²) in [5.74, 6) is 0.124. The summed E-state index contributed by atoms with van der Waals surface area (Å²) in [4.78, 5) is 24.4. The van der Waals surface area contributed by atoms with Crippen LogP contribution in [0.1, 0.15) is 39.6 Å². The molecule has 32 heavy (non-hydrogen) atoms. The van der Waals surface area contributed by atoms with Gasteiger partial charge in [-0.3, -0.25) is 4.79 Å². The van der Waals surface area contributed by atoms with E-state index in [-0.39, 0.29) is 16.5 Å². The molecular formula is C24H20Cl2N2O4. The second-order valence-corrected chi connectivity index (χ2v) is 7.50. The van der Waals surface area contributed by atoms with Crippen LogP contribution < -0.4 is 14.9 Å². The van der Waals surface area contributed by atoms with E-state index in [0.29, 0.717) is 34.3 Å². The summed E-state index contributed by atoms with van der Waals surface area (Å²) < 4.78 is 10.8. The van der Waals surface area contributed by atoms with Gasteiger partial charge in [-0.2, -0.15) is 5.10 Å². The number of hydrogen-bond acceptors (Lipinski definition) is 5. The number of nitrogens with zero attached hydrogens (tertiary/aromatic N) is 1. The van der Waals surface area contributed by atoms with Gasteiger partial charge in [-0.15, -0.1) is 0 Å². The molecule has 0 aromatic heterocycles. The number of hydrazone groups is 1. The van der Waals surface area contributed by atoms with Crippen molar-refractivity contribution < 1.29 is 19.1 Å². The van der Waals surface area contributed by atoms with Crippen LogP contribution in [0, 0.1) is 0 Å². The van der Waals surface area contributed by atoms with Crippen LogP contribution in [0.5, 0.6) is 11.5 Å². The average Bonchev–Trinajstić information content (AvgIpc) is 2.79. The molecule has 0 fully saturated rings. The largest absolute Gasteiger partial charge is 0.494 e. The molecule has 1 amide bonds. The smallest absolute Gasteiger partial charge is 0.345 e. The van der Waals surface area contributed by atoms with E-state index in [1.165, 1.54) is 18.3 Å². The van der Waals surface area contributed by atoms with Crippen LogP contribution in [-0.4, -0.2) is 24.7 Å². The third kappa shape index (κ3) is 6.57. The summed E-state index contributed by atoms with van der Waals surface area (Å²) in [5.41, 5.74) is 3.86. The Kier molecular flexibility index (Phi) is 8.25. The summed E-state index contributed by atoms with van der Waals surface area (Å²) in [5, 5.41) is 4.60. The van der Waals surface area contributed by atoms with Crippen LogP contribution in [0.4, 0.5) is 0 Å². The predicted molar refractivity (Wildman–Crippen MR) is 125 cm³/mol. The number of hydrogen-bond donors (Lipinski definition) is 1. The summed E-state index contributed by atoms with van der Waals surface area (Å²) >= 11 is 11.9. The van der Waals surface area contributed by atoms with Gasteiger partial charge in [-0.05, 0) is 78.7 Å². The zero-order valence-corrected chi connectivity index (χ0v) is 18.7. The molecule has 6 nitrogen and oxygen atoms in total. The van der Waals surface area contributed by atoms with Crippen molar-refractivity contribution >= 4 is 41.3 Å². The summed E-state index contributed by atoms with van der Waals surface area (Å²) in [6.07, 6.45) is 2.40. The number of halogens is 2. The van der Waals surface area contributed by atoms with E-state index in [1.54, 1.807) is 54.6 Å². The van der Waals surface area contributed by atoms with Gasteiger partial charge in [-0.25, -0.2) is 10.2 Å². The summed E-state index contributed by atoms with van der Waals surface area (Å²) in [6.45, 7) is 2.65. The minimum atomic E-state index is -0.591. The minimum Gasteiger partial charge on any atom is -0.494 e. The Labute approximate surface area is 195 Å². The van der Waals surface area contributed by atoms with E-state index in [0.717, 1.165) is 6.42 Å². The molecule has 0 aliphatic carbocycles. The number of carbonyl (C=O) groups excluding carboxylic acids is 2. The third-order valence-corrected chi connectivity index (χ3v) is 4.76. The molecule has 8 heteroatoms. The molecule has 0 aliphatic heterocycles. The number of esters is 1. The van der Waals surface area contributed by atoms with Crippen LogP contribution in [0.25, 0.3) is 0 Å². The van der Waals surface area contributed by atoms with E-state index in [9.17, 15) is 9.59 Å². The van der Waals surface area contributed by atoms with Gasteiger partial charge >= 0.3 is 5.97 Å². The van der Waals surface area contributed by atoms with Crippen LogP contribution in [0.15, 0.2) is 71.8 Å². The van der Waals surface area contributed by atoms with Crippen LogP contribution in [-0.2, 0) is 0 Å². The van der Waals surface area contributed by atoms with E-state index >= 15 is 0 Å². The lowest BCUT2D eigenvalue weighted by Crippen LogP contribution is -2.17. The normalized spacial score (nSPS) is 10.7. The molecule has 0 bridgehead atoms. The molecule has 0 atom stereocenters. The Balaban J connectivity index is 1.53. The molecule has 0 aliphatic rings. The van der Waals surface area contributed by atoms with Crippen molar-refractivity contribution in [3.05, 3.63) is 93.5 Å². The highest BCUT2D eigenvalue weighted by Gasteiger charge is 2.13. The lowest BCUT2D eigenvalue weighted by Gasteiger charge is -2.06. The number of carbonyl (C=O) groups is 2. The fourth-order valence-corrected chi connectivity index (χ4v) is 3.08. The second-order valence-electron chi connectivity index (χ2n) is 6.65. The van der Waals surface area contributed by atoms with Crippen LogP contribution in [0.2, 0.25) is 10.0 Å². The van der Waals surface area contributed by atoms with Gasteiger partial charge in [0.25, 0.3) is 5.91 Å². The molecule has 0 spiro atoms. The van der Waals surface area contributed by atoms with Gasteiger partial charge in [0.1, 0.15) is 11.5 Å². The fourth-order valence-electron chi connectivity index (χ4n) is 2.59. The quantitative estimate of drug-likeness (QED) is 0.196. The van der Waals surface area contributed by atoms with E-state index in [4.69, 9.17) is 32.7 Å². The Morgan fingerprint density at radius 1 is 0.969 bits per heavy atom. The molecule has 3 aromatic carbocycles. The lowest BCUT2D eigenvalue weighted by molar-refractivity contribution is 0.0734. The molecule has 0 saturated heterocycles. The lowest BCUT2D eigenvalue weighted by atomic mass is 10.2. The van der Waals surface area contributed by atoms with Crippen LogP contribution in [0.3, 0.4) is 0 Å². The van der Waals surface area contributed by atoms with E-state index < -0.39 is 5.97 Å². The molecule has 3 aromatic rings. The number of benzene rings is 3. The maximum Gasteiger partial charge on any atom is 0.345 e. The van der Waals surface area contributed by atoms with Gasteiger partial charge in [-0.1, -0.05) is 30.1 Å². The topological polar surface area (TPSA) is 77.0 Å². The van der Waals surface area contributed by atoms with Crippen molar-refractivity contribution in [2.75, 3.05) is 6.61 Å².